The van der Waals surface area contributed by atoms with Crippen LogP contribution in [0.1, 0.15) is 33.1 Å². The lowest BCUT2D eigenvalue weighted by atomic mass is 10.1. The number of rotatable bonds is 9. The zero-order valence-electron chi connectivity index (χ0n) is 10.6. The van der Waals surface area contributed by atoms with Crippen molar-refractivity contribution in [2.45, 2.75) is 45.3 Å². The Morgan fingerprint density at radius 1 is 1.25 bits per heavy atom. The second-order valence-corrected chi connectivity index (χ2v) is 3.76. The molecule has 2 atom stereocenters. The van der Waals surface area contributed by atoms with Gasteiger partial charge in [-0.15, -0.1) is 0 Å². The van der Waals surface area contributed by atoms with E-state index in [1.54, 1.807) is 14.0 Å². The van der Waals surface area contributed by atoms with Crippen LogP contribution in [-0.4, -0.2) is 31.2 Å². The largest absolute Gasteiger partial charge is 0.393 e. The topological polar surface area (TPSA) is 38.7 Å². The first-order valence-corrected chi connectivity index (χ1v) is 5.82. The minimum Gasteiger partial charge on any atom is -0.393 e. The monoisotopic (exact) mass is 228 g/mol. The maximum absolute atomic E-state index is 9.21. The van der Waals surface area contributed by atoms with E-state index in [1.807, 2.05) is 18.2 Å². The van der Waals surface area contributed by atoms with Gasteiger partial charge in [-0.3, -0.25) is 0 Å². The van der Waals surface area contributed by atoms with Gasteiger partial charge < -0.3 is 14.6 Å². The molecule has 3 nitrogen and oxygen atoms in total. The third-order valence-corrected chi connectivity index (χ3v) is 2.08. The second-order valence-electron chi connectivity index (χ2n) is 3.76. The van der Waals surface area contributed by atoms with Crippen molar-refractivity contribution in [2.75, 3.05) is 13.9 Å². The van der Waals surface area contributed by atoms with Gasteiger partial charge in [-0.2, -0.15) is 0 Å². The minimum absolute atomic E-state index is 0.0102. The molecular weight excluding hydrogens is 204 g/mol. The molecule has 0 aromatic rings. The molecule has 0 fully saturated rings. The summed E-state index contributed by atoms with van der Waals surface area (Å²) in [6, 6.07) is 0. The standard InChI is InChI=1S/C13H24O3/c1-4-5-6-7-8-13(16-11-15-3)10-9-12(2)14/h5-8,12-14H,4,9-11H2,1-3H3/t12-,13+/m1/s1. The number of allylic oxidation sites excluding steroid dienone is 3. The summed E-state index contributed by atoms with van der Waals surface area (Å²) in [4.78, 5) is 0. The first-order chi connectivity index (χ1) is 7.70. The summed E-state index contributed by atoms with van der Waals surface area (Å²) < 4.78 is 10.3. The molecule has 0 spiro atoms. The zero-order valence-corrected chi connectivity index (χ0v) is 10.6. The Labute approximate surface area is 98.8 Å². The van der Waals surface area contributed by atoms with Crippen LogP contribution in [0.3, 0.4) is 0 Å². The van der Waals surface area contributed by atoms with Gasteiger partial charge in [0, 0.05) is 7.11 Å². The lowest BCUT2D eigenvalue weighted by Crippen LogP contribution is -2.14. The molecule has 0 saturated heterocycles. The molecule has 0 saturated carbocycles. The third-order valence-electron chi connectivity index (χ3n) is 2.08. The predicted octanol–water partition coefficient (Wildman–Crippen LogP) is 2.66. The summed E-state index contributed by atoms with van der Waals surface area (Å²) in [5.74, 6) is 0. The van der Waals surface area contributed by atoms with Gasteiger partial charge in [0.15, 0.2) is 0 Å². The quantitative estimate of drug-likeness (QED) is 0.487. The van der Waals surface area contributed by atoms with Crippen molar-refractivity contribution in [3.63, 3.8) is 0 Å². The van der Waals surface area contributed by atoms with Crippen LogP contribution in [0, 0.1) is 0 Å². The van der Waals surface area contributed by atoms with Crippen LogP contribution in [0.4, 0.5) is 0 Å². The first kappa shape index (κ1) is 15.4. The van der Waals surface area contributed by atoms with Gasteiger partial charge in [-0.05, 0) is 26.2 Å². The van der Waals surface area contributed by atoms with Gasteiger partial charge in [0.25, 0.3) is 0 Å². The molecule has 0 aromatic heterocycles. The molecule has 0 rings (SSSR count). The predicted molar refractivity (Wildman–Crippen MR) is 66.2 cm³/mol. The third kappa shape index (κ3) is 9.90. The Kier molecular flexibility index (Phi) is 10.4. The Morgan fingerprint density at radius 3 is 2.56 bits per heavy atom. The minimum atomic E-state index is -0.284. The molecule has 1 N–H and O–H groups in total. The number of hydrogen-bond acceptors (Lipinski definition) is 3. The molecule has 94 valence electrons. The Morgan fingerprint density at radius 2 is 2.00 bits per heavy atom. The summed E-state index contributed by atoms with van der Waals surface area (Å²) in [6.45, 7) is 4.16. The van der Waals surface area contributed by atoms with E-state index in [9.17, 15) is 5.11 Å². The highest BCUT2D eigenvalue weighted by Crippen LogP contribution is 2.07. The fraction of sp³-hybridized carbons (Fsp3) is 0.692. The fourth-order valence-electron chi connectivity index (χ4n) is 1.20. The van der Waals surface area contributed by atoms with E-state index in [0.29, 0.717) is 0 Å². The Hall–Kier alpha value is -0.640. The fourth-order valence-corrected chi connectivity index (χ4v) is 1.20. The summed E-state index contributed by atoms with van der Waals surface area (Å²) in [7, 11) is 1.60. The van der Waals surface area contributed by atoms with E-state index in [-0.39, 0.29) is 19.0 Å². The van der Waals surface area contributed by atoms with E-state index < -0.39 is 0 Å². The highest BCUT2D eigenvalue weighted by Gasteiger charge is 2.06. The van der Waals surface area contributed by atoms with Crippen molar-refractivity contribution in [3.05, 3.63) is 24.3 Å². The van der Waals surface area contributed by atoms with Gasteiger partial charge in [0.05, 0.1) is 12.2 Å². The van der Waals surface area contributed by atoms with E-state index in [2.05, 4.69) is 13.0 Å². The highest BCUT2D eigenvalue weighted by molar-refractivity contribution is 5.04. The highest BCUT2D eigenvalue weighted by atomic mass is 16.7. The lowest BCUT2D eigenvalue weighted by Gasteiger charge is -2.14. The number of methoxy groups -OCH3 is 1. The van der Waals surface area contributed by atoms with Crippen molar-refractivity contribution < 1.29 is 14.6 Å². The molecule has 0 bridgehead atoms. The van der Waals surface area contributed by atoms with Crippen LogP contribution in [0.2, 0.25) is 0 Å². The summed E-state index contributed by atoms with van der Waals surface area (Å²) >= 11 is 0. The van der Waals surface area contributed by atoms with Crippen molar-refractivity contribution >= 4 is 0 Å². The smallest absolute Gasteiger partial charge is 0.147 e. The summed E-state index contributed by atoms with van der Waals surface area (Å²) in [6.07, 6.45) is 10.4. The number of hydrogen-bond donors (Lipinski definition) is 1. The zero-order chi connectivity index (χ0) is 12.2. The van der Waals surface area contributed by atoms with Crippen LogP contribution in [0.25, 0.3) is 0 Å². The van der Waals surface area contributed by atoms with Gasteiger partial charge in [-0.1, -0.05) is 31.2 Å². The molecule has 0 heterocycles. The average molecular weight is 228 g/mol. The lowest BCUT2D eigenvalue weighted by molar-refractivity contribution is -0.0600. The van der Waals surface area contributed by atoms with Crippen LogP contribution < -0.4 is 0 Å². The molecule has 0 aliphatic carbocycles. The maximum Gasteiger partial charge on any atom is 0.147 e. The number of aliphatic hydroxyl groups excluding tert-OH is 1. The van der Waals surface area contributed by atoms with Crippen LogP contribution in [-0.2, 0) is 9.47 Å². The normalized spacial score (nSPS) is 16.0. The van der Waals surface area contributed by atoms with Crippen molar-refractivity contribution in [1.82, 2.24) is 0 Å². The number of aliphatic hydroxyl groups is 1. The van der Waals surface area contributed by atoms with E-state index >= 15 is 0 Å². The van der Waals surface area contributed by atoms with Crippen LogP contribution >= 0.6 is 0 Å². The van der Waals surface area contributed by atoms with Crippen LogP contribution in [0.5, 0.6) is 0 Å². The average Bonchev–Trinajstić information content (AvgIpc) is 2.26. The van der Waals surface area contributed by atoms with Crippen molar-refractivity contribution in [1.29, 1.82) is 0 Å². The molecule has 16 heavy (non-hydrogen) atoms. The molecular formula is C13H24O3. The molecule has 0 radical (unpaired) electrons. The van der Waals surface area contributed by atoms with Gasteiger partial charge in [-0.25, -0.2) is 0 Å². The Bertz CT molecular complexity index is 197. The molecule has 0 unspecified atom stereocenters. The molecule has 0 aliphatic heterocycles. The summed E-state index contributed by atoms with van der Waals surface area (Å²) in [5, 5.41) is 9.21. The van der Waals surface area contributed by atoms with E-state index in [1.165, 1.54) is 0 Å². The van der Waals surface area contributed by atoms with Gasteiger partial charge in [0.1, 0.15) is 6.79 Å². The van der Waals surface area contributed by atoms with Crippen molar-refractivity contribution in [3.8, 4) is 0 Å². The maximum atomic E-state index is 9.21. The van der Waals surface area contributed by atoms with Gasteiger partial charge in [0.2, 0.25) is 0 Å². The molecule has 0 aromatic carbocycles. The van der Waals surface area contributed by atoms with E-state index in [0.717, 1.165) is 19.3 Å². The number of ether oxygens (including phenoxy) is 2. The SMILES string of the molecule is CCC=CC=C[C@@H](CC[C@@H](C)O)OCOC. The molecule has 0 amide bonds. The van der Waals surface area contributed by atoms with Gasteiger partial charge >= 0.3 is 0 Å². The van der Waals surface area contributed by atoms with E-state index in [4.69, 9.17) is 9.47 Å². The Balaban J connectivity index is 3.98. The second kappa shape index (κ2) is 10.9. The molecule has 3 heteroatoms. The summed E-state index contributed by atoms with van der Waals surface area (Å²) in [5.41, 5.74) is 0. The molecule has 0 aliphatic rings. The van der Waals surface area contributed by atoms with Crippen LogP contribution in [0.15, 0.2) is 24.3 Å². The van der Waals surface area contributed by atoms with Crippen molar-refractivity contribution in [2.24, 2.45) is 0 Å². The first-order valence-electron chi connectivity index (χ1n) is 5.82.